The van der Waals surface area contributed by atoms with Crippen LogP contribution in [0, 0.1) is 5.92 Å². The zero-order chi connectivity index (χ0) is 8.39. The van der Waals surface area contributed by atoms with Gasteiger partial charge in [-0.25, -0.2) is 0 Å². The quantitative estimate of drug-likeness (QED) is 0.675. The minimum atomic E-state index is 0.825. The molecule has 0 amide bonds. The van der Waals surface area contributed by atoms with Gasteiger partial charge in [0.2, 0.25) is 0 Å². The van der Waals surface area contributed by atoms with E-state index >= 15 is 0 Å². The van der Waals surface area contributed by atoms with E-state index in [2.05, 4.69) is 46.3 Å². The minimum Gasteiger partial charge on any atom is -0.0925 e. The third-order valence-corrected chi connectivity index (χ3v) is 3.68. The third kappa shape index (κ3) is 1.42. The van der Waals surface area contributed by atoms with Crippen molar-refractivity contribution in [3.8, 4) is 0 Å². The summed E-state index contributed by atoms with van der Waals surface area (Å²) in [5.41, 5.74) is 1.52. The Kier molecular flexibility index (Phi) is 2.50. The summed E-state index contributed by atoms with van der Waals surface area (Å²) < 4.78 is 0. The van der Waals surface area contributed by atoms with Crippen LogP contribution >= 0.6 is 15.9 Å². The molecule has 0 spiro atoms. The molecule has 1 aliphatic carbocycles. The first-order valence-electron chi connectivity index (χ1n) is 4.52. The molecule has 2 rings (SSSR count). The molecular formula is C11H13Br. The van der Waals surface area contributed by atoms with Gasteiger partial charge in [-0.1, -0.05) is 46.3 Å². The van der Waals surface area contributed by atoms with E-state index in [1.165, 1.54) is 18.4 Å². The van der Waals surface area contributed by atoms with Crippen molar-refractivity contribution in [2.24, 2.45) is 5.92 Å². The number of benzene rings is 1. The van der Waals surface area contributed by atoms with Gasteiger partial charge in [-0.2, -0.15) is 0 Å². The van der Waals surface area contributed by atoms with E-state index in [0.29, 0.717) is 0 Å². The van der Waals surface area contributed by atoms with Gasteiger partial charge < -0.3 is 0 Å². The van der Waals surface area contributed by atoms with E-state index in [0.717, 1.165) is 17.2 Å². The molecule has 0 aliphatic heterocycles. The smallest absolute Gasteiger partial charge is 0.00655 e. The lowest BCUT2D eigenvalue weighted by atomic mass is 9.71. The Morgan fingerprint density at radius 1 is 1.17 bits per heavy atom. The lowest BCUT2D eigenvalue weighted by Crippen LogP contribution is -2.24. The van der Waals surface area contributed by atoms with Crippen molar-refractivity contribution in [2.45, 2.75) is 18.8 Å². The first kappa shape index (κ1) is 8.31. The van der Waals surface area contributed by atoms with Crippen LogP contribution in [0.5, 0.6) is 0 Å². The predicted octanol–water partition coefficient (Wildman–Crippen LogP) is 3.58. The molecule has 12 heavy (non-hydrogen) atoms. The van der Waals surface area contributed by atoms with Crippen LogP contribution in [0.2, 0.25) is 0 Å². The van der Waals surface area contributed by atoms with E-state index < -0.39 is 0 Å². The maximum absolute atomic E-state index is 3.56. The zero-order valence-corrected chi connectivity index (χ0v) is 8.63. The van der Waals surface area contributed by atoms with Crippen molar-refractivity contribution >= 4 is 15.9 Å². The van der Waals surface area contributed by atoms with Gasteiger partial charge in [0.1, 0.15) is 0 Å². The monoisotopic (exact) mass is 224 g/mol. The SMILES string of the molecule is BrC[C@H]1CC[C@@H]1c1ccccc1. The topological polar surface area (TPSA) is 0 Å². The molecule has 1 fully saturated rings. The molecule has 0 radical (unpaired) electrons. The van der Waals surface area contributed by atoms with E-state index in [-0.39, 0.29) is 0 Å². The molecule has 1 saturated carbocycles. The van der Waals surface area contributed by atoms with Gasteiger partial charge in [0.05, 0.1) is 0 Å². The van der Waals surface area contributed by atoms with Crippen LogP contribution in [0.1, 0.15) is 24.3 Å². The minimum absolute atomic E-state index is 0.825. The molecule has 64 valence electrons. The fourth-order valence-corrected chi connectivity index (χ4v) is 2.67. The predicted molar refractivity (Wildman–Crippen MR) is 55.7 cm³/mol. The van der Waals surface area contributed by atoms with Gasteiger partial charge in [0.15, 0.2) is 0 Å². The standard InChI is InChI=1S/C11H13Br/c12-8-10-6-7-11(10)9-4-2-1-3-5-9/h1-5,10-11H,6-8H2/t10-,11-/m1/s1. The van der Waals surface area contributed by atoms with E-state index in [4.69, 9.17) is 0 Å². The Bertz CT molecular complexity index is 240. The molecule has 0 unspecified atom stereocenters. The van der Waals surface area contributed by atoms with E-state index in [9.17, 15) is 0 Å². The normalized spacial score (nSPS) is 28.1. The largest absolute Gasteiger partial charge is 0.0925 e. The van der Waals surface area contributed by atoms with Crippen LogP contribution in [-0.2, 0) is 0 Å². The molecule has 0 aromatic heterocycles. The van der Waals surface area contributed by atoms with Crippen LogP contribution in [-0.4, -0.2) is 5.33 Å². The molecular weight excluding hydrogens is 212 g/mol. The van der Waals surface area contributed by atoms with Gasteiger partial charge in [-0.3, -0.25) is 0 Å². The summed E-state index contributed by atoms with van der Waals surface area (Å²) >= 11 is 3.56. The van der Waals surface area contributed by atoms with Crippen LogP contribution < -0.4 is 0 Å². The molecule has 0 nitrogen and oxygen atoms in total. The van der Waals surface area contributed by atoms with Crippen molar-refractivity contribution in [3.05, 3.63) is 35.9 Å². The fourth-order valence-electron chi connectivity index (χ4n) is 1.89. The molecule has 1 aliphatic rings. The fraction of sp³-hybridized carbons (Fsp3) is 0.455. The molecule has 0 heterocycles. The lowest BCUT2D eigenvalue weighted by molar-refractivity contribution is 0.288. The number of halogens is 1. The van der Waals surface area contributed by atoms with Crippen molar-refractivity contribution in [1.82, 2.24) is 0 Å². The summed E-state index contributed by atoms with van der Waals surface area (Å²) in [6.45, 7) is 0. The molecule has 0 saturated heterocycles. The maximum Gasteiger partial charge on any atom is 0.00655 e. The van der Waals surface area contributed by atoms with Gasteiger partial charge >= 0.3 is 0 Å². The highest BCUT2D eigenvalue weighted by molar-refractivity contribution is 9.09. The van der Waals surface area contributed by atoms with Gasteiger partial charge in [-0.05, 0) is 30.2 Å². The highest BCUT2D eigenvalue weighted by atomic mass is 79.9. The van der Waals surface area contributed by atoms with Crippen LogP contribution in [0.25, 0.3) is 0 Å². The lowest BCUT2D eigenvalue weighted by Gasteiger charge is -2.35. The van der Waals surface area contributed by atoms with Crippen molar-refractivity contribution in [1.29, 1.82) is 0 Å². The molecule has 2 atom stereocenters. The van der Waals surface area contributed by atoms with Crippen LogP contribution in [0.15, 0.2) is 30.3 Å². The summed E-state index contributed by atoms with van der Waals surface area (Å²) in [5.74, 6) is 1.71. The van der Waals surface area contributed by atoms with Gasteiger partial charge in [0, 0.05) is 5.33 Å². The van der Waals surface area contributed by atoms with E-state index in [1.54, 1.807) is 0 Å². The average Bonchev–Trinajstić information content (AvgIpc) is 2.05. The second-order valence-corrected chi connectivity index (χ2v) is 4.16. The number of hydrogen-bond acceptors (Lipinski definition) is 0. The summed E-state index contributed by atoms with van der Waals surface area (Å²) in [6, 6.07) is 10.9. The number of rotatable bonds is 2. The Hall–Kier alpha value is -0.300. The first-order valence-corrected chi connectivity index (χ1v) is 5.65. The van der Waals surface area contributed by atoms with Gasteiger partial charge in [-0.15, -0.1) is 0 Å². The Morgan fingerprint density at radius 3 is 2.42 bits per heavy atom. The first-order chi connectivity index (χ1) is 5.92. The van der Waals surface area contributed by atoms with Crippen LogP contribution in [0.4, 0.5) is 0 Å². The summed E-state index contributed by atoms with van der Waals surface area (Å²) in [6.07, 6.45) is 2.77. The summed E-state index contributed by atoms with van der Waals surface area (Å²) in [7, 11) is 0. The highest BCUT2D eigenvalue weighted by Gasteiger charge is 2.30. The average molecular weight is 225 g/mol. The number of alkyl halides is 1. The van der Waals surface area contributed by atoms with E-state index in [1.807, 2.05) is 0 Å². The van der Waals surface area contributed by atoms with Gasteiger partial charge in [0.25, 0.3) is 0 Å². The maximum atomic E-state index is 3.56. The van der Waals surface area contributed by atoms with Crippen molar-refractivity contribution in [3.63, 3.8) is 0 Å². The van der Waals surface area contributed by atoms with Crippen molar-refractivity contribution in [2.75, 3.05) is 5.33 Å². The Morgan fingerprint density at radius 2 is 1.92 bits per heavy atom. The number of hydrogen-bond donors (Lipinski definition) is 0. The molecule has 0 bridgehead atoms. The molecule has 1 aromatic carbocycles. The van der Waals surface area contributed by atoms with Crippen molar-refractivity contribution < 1.29 is 0 Å². The molecule has 1 heteroatoms. The Labute approximate surface area is 82.1 Å². The van der Waals surface area contributed by atoms with Crippen LogP contribution in [0.3, 0.4) is 0 Å². The highest BCUT2D eigenvalue weighted by Crippen LogP contribution is 2.43. The molecule has 0 N–H and O–H groups in total. The zero-order valence-electron chi connectivity index (χ0n) is 7.04. The Balaban J connectivity index is 2.11. The summed E-state index contributed by atoms with van der Waals surface area (Å²) in [5, 5.41) is 1.16. The summed E-state index contributed by atoms with van der Waals surface area (Å²) in [4.78, 5) is 0. The third-order valence-electron chi connectivity index (χ3n) is 2.84. The second kappa shape index (κ2) is 3.61. The second-order valence-electron chi connectivity index (χ2n) is 3.51. The molecule has 1 aromatic rings.